The highest BCUT2D eigenvalue weighted by Crippen LogP contribution is 2.25. The molecule has 0 aliphatic carbocycles. The summed E-state index contributed by atoms with van der Waals surface area (Å²) < 4.78 is 7.69. The summed E-state index contributed by atoms with van der Waals surface area (Å²) in [4.78, 5) is 14.7. The number of carbonyl (C=O) groups is 1. The van der Waals surface area contributed by atoms with E-state index in [0.717, 1.165) is 30.5 Å². The number of amides is 1. The SMILES string of the molecule is CCO[C@@H]1CCN(C(=O)Cc2ccsc2)[C@@H]1Cc1cnn(C)c1. The summed E-state index contributed by atoms with van der Waals surface area (Å²) in [6, 6.07) is 2.12. The highest BCUT2D eigenvalue weighted by Gasteiger charge is 2.37. The zero-order valence-corrected chi connectivity index (χ0v) is 14.5. The van der Waals surface area contributed by atoms with Crippen molar-refractivity contribution in [1.29, 1.82) is 0 Å². The van der Waals surface area contributed by atoms with Gasteiger partial charge >= 0.3 is 0 Å². The van der Waals surface area contributed by atoms with E-state index >= 15 is 0 Å². The van der Waals surface area contributed by atoms with E-state index in [0.29, 0.717) is 13.0 Å². The first kappa shape index (κ1) is 16.2. The lowest BCUT2D eigenvalue weighted by molar-refractivity contribution is -0.132. The van der Waals surface area contributed by atoms with Gasteiger partial charge in [-0.3, -0.25) is 9.48 Å². The summed E-state index contributed by atoms with van der Waals surface area (Å²) in [5.74, 6) is 0.194. The third-order valence-electron chi connectivity index (χ3n) is 4.32. The monoisotopic (exact) mass is 333 g/mol. The van der Waals surface area contributed by atoms with E-state index in [-0.39, 0.29) is 18.1 Å². The van der Waals surface area contributed by atoms with Crippen LogP contribution in [0.3, 0.4) is 0 Å². The summed E-state index contributed by atoms with van der Waals surface area (Å²) in [5, 5.41) is 8.30. The molecule has 0 saturated carbocycles. The lowest BCUT2D eigenvalue weighted by Crippen LogP contribution is -2.42. The van der Waals surface area contributed by atoms with Gasteiger partial charge in [-0.25, -0.2) is 0 Å². The molecule has 0 bridgehead atoms. The zero-order valence-electron chi connectivity index (χ0n) is 13.6. The molecule has 1 fully saturated rings. The number of likely N-dealkylation sites (tertiary alicyclic amines) is 1. The van der Waals surface area contributed by atoms with Crippen molar-refractivity contribution in [2.45, 2.75) is 38.3 Å². The molecular weight excluding hydrogens is 310 g/mol. The fourth-order valence-electron chi connectivity index (χ4n) is 3.27. The minimum absolute atomic E-state index is 0.102. The van der Waals surface area contributed by atoms with Gasteiger partial charge in [-0.1, -0.05) is 0 Å². The van der Waals surface area contributed by atoms with Crippen LogP contribution < -0.4 is 0 Å². The highest BCUT2D eigenvalue weighted by molar-refractivity contribution is 7.07. The highest BCUT2D eigenvalue weighted by atomic mass is 32.1. The smallest absolute Gasteiger partial charge is 0.227 e. The van der Waals surface area contributed by atoms with Gasteiger partial charge in [0.05, 0.1) is 24.8 Å². The molecule has 0 radical (unpaired) electrons. The standard InChI is InChI=1S/C17H23N3O2S/c1-3-22-16-4-6-20(17(21)9-13-5-7-23-12-13)15(16)8-14-10-18-19(2)11-14/h5,7,10-12,15-16H,3-4,6,8-9H2,1-2H3/t15-,16-/m1/s1. The van der Waals surface area contributed by atoms with E-state index in [1.54, 1.807) is 16.0 Å². The number of hydrogen-bond acceptors (Lipinski definition) is 4. The van der Waals surface area contributed by atoms with Crippen LogP contribution in [0.15, 0.2) is 29.2 Å². The fraction of sp³-hybridized carbons (Fsp3) is 0.529. The molecule has 0 N–H and O–H groups in total. The third kappa shape index (κ3) is 3.82. The van der Waals surface area contributed by atoms with Crippen molar-refractivity contribution in [3.05, 3.63) is 40.3 Å². The topological polar surface area (TPSA) is 47.4 Å². The Labute approximate surface area is 140 Å². The van der Waals surface area contributed by atoms with E-state index in [1.165, 1.54) is 0 Å². The van der Waals surface area contributed by atoms with Crippen LogP contribution >= 0.6 is 11.3 Å². The van der Waals surface area contributed by atoms with Crippen molar-refractivity contribution in [1.82, 2.24) is 14.7 Å². The molecule has 23 heavy (non-hydrogen) atoms. The second kappa shape index (κ2) is 7.27. The maximum Gasteiger partial charge on any atom is 0.227 e. The van der Waals surface area contributed by atoms with Crippen LogP contribution in [0.2, 0.25) is 0 Å². The number of carbonyl (C=O) groups excluding carboxylic acids is 1. The molecule has 3 heterocycles. The van der Waals surface area contributed by atoms with Gasteiger partial charge in [0, 0.05) is 26.4 Å². The molecule has 0 unspecified atom stereocenters. The quantitative estimate of drug-likeness (QED) is 0.815. The number of nitrogens with zero attached hydrogens (tertiary/aromatic N) is 3. The van der Waals surface area contributed by atoms with Crippen LogP contribution in [0.25, 0.3) is 0 Å². The normalized spacial score (nSPS) is 21.0. The van der Waals surface area contributed by atoms with Gasteiger partial charge in [0.15, 0.2) is 0 Å². The van der Waals surface area contributed by atoms with Crippen molar-refractivity contribution in [3.63, 3.8) is 0 Å². The van der Waals surface area contributed by atoms with Crippen molar-refractivity contribution in [2.24, 2.45) is 7.05 Å². The number of hydrogen-bond donors (Lipinski definition) is 0. The number of ether oxygens (including phenoxy) is 1. The molecule has 1 amide bonds. The van der Waals surface area contributed by atoms with Gasteiger partial charge in [-0.05, 0) is 47.7 Å². The molecule has 2 aromatic heterocycles. The predicted molar refractivity (Wildman–Crippen MR) is 90.5 cm³/mol. The Morgan fingerprint density at radius 1 is 1.48 bits per heavy atom. The Hall–Kier alpha value is -1.66. The summed E-state index contributed by atoms with van der Waals surface area (Å²) in [7, 11) is 1.91. The number of aromatic nitrogens is 2. The van der Waals surface area contributed by atoms with Crippen molar-refractivity contribution in [2.75, 3.05) is 13.2 Å². The summed E-state index contributed by atoms with van der Waals surface area (Å²) >= 11 is 1.63. The summed E-state index contributed by atoms with van der Waals surface area (Å²) in [6.45, 7) is 3.47. The number of thiophene rings is 1. The summed E-state index contributed by atoms with van der Waals surface area (Å²) in [6.07, 6.45) is 6.20. The van der Waals surface area contributed by atoms with Gasteiger partial charge in [0.2, 0.25) is 5.91 Å². The maximum atomic E-state index is 12.7. The minimum Gasteiger partial charge on any atom is -0.376 e. The van der Waals surface area contributed by atoms with Crippen LogP contribution in [0.1, 0.15) is 24.5 Å². The van der Waals surface area contributed by atoms with E-state index < -0.39 is 0 Å². The van der Waals surface area contributed by atoms with Gasteiger partial charge in [-0.15, -0.1) is 0 Å². The average Bonchev–Trinajstić information content (AvgIpc) is 3.23. The van der Waals surface area contributed by atoms with Crippen molar-refractivity contribution < 1.29 is 9.53 Å². The Morgan fingerprint density at radius 3 is 3.00 bits per heavy atom. The maximum absolute atomic E-state index is 12.7. The first-order valence-corrected chi connectivity index (χ1v) is 9.01. The molecule has 2 atom stereocenters. The van der Waals surface area contributed by atoms with E-state index in [9.17, 15) is 4.79 Å². The Balaban J connectivity index is 1.72. The zero-order chi connectivity index (χ0) is 16.2. The molecule has 3 rings (SSSR count). The Morgan fingerprint density at radius 2 is 2.35 bits per heavy atom. The summed E-state index contributed by atoms with van der Waals surface area (Å²) in [5.41, 5.74) is 2.25. The lowest BCUT2D eigenvalue weighted by atomic mass is 10.0. The van der Waals surface area contributed by atoms with E-state index in [2.05, 4.69) is 5.10 Å². The molecule has 124 valence electrons. The van der Waals surface area contributed by atoms with Crippen LogP contribution in [-0.2, 0) is 29.4 Å². The van der Waals surface area contributed by atoms with Gasteiger partial charge in [-0.2, -0.15) is 16.4 Å². The molecule has 0 aromatic carbocycles. The second-order valence-corrected chi connectivity index (χ2v) is 6.75. The molecule has 0 spiro atoms. The Bertz CT molecular complexity index is 638. The third-order valence-corrected chi connectivity index (χ3v) is 5.06. The lowest BCUT2D eigenvalue weighted by Gasteiger charge is -2.28. The molecular formula is C17H23N3O2S. The first-order chi connectivity index (χ1) is 11.2. The van der Waals surface area contributed by atoms with Gasteiger partial charge < -0.3 is 9.64 Å². The van der Waals surface area contributed by atoms with Crippen LogP contribution in [-0.4, -0.2) is 45.9 Å². The predicted octanol–water partition coefficient (Wildman–Crippen LogP) is 2.27. The fourth-order valence-corrected chi connectivity index (χ4v) is 3.94. The molecule has 5 nitrogen and oxygen atoms in total. The van der Waals surface area contributed by atoms with Crippen LogP contribution in [0, 0.1) is 0 Å². The van der Waals surface area contributed by atoms with Crippen LogP contribution in [0.5, 0.6) is 0 Å². The molecule has 1 aliphatic rings. The second-order valence-electron chi connectivity index (χ2n) is 5.97. The molecule has 1 aliphatic heterocycles. The van der Waals surface area contributed by atoms with Crippen molar-refractivity contribution in [3.8, 4) is 0 Å². The largest absolute Gasteiger partial charge is 0.376 e. The molecule has 2 aromatic rings. The molecule has 1 saturated heterocycles. The van der Waals surface area contributed by atoms with E-state index in [4.69, 9.17) is 4.74 Å². The van der Waals surface area contributed by atoms with Gasteiger partial charge in [0.1, 0.15) is 0 Å². The Kier molecular flexibility index (Phi) is 5.13. The van der Waals surface area contributed by atoms with Crippen molar-refractivity contribution >= 4 is 17.2 Å². The van der Waals surface area contributed by atoms with Gasteiger partial charge in [0.25, 0.3) is 0 Å². The average molecular weight is 333 g/mol. The first-order valence-electron chi connectivity index (χ1n) is 8.07. The van der Waals surface area contributed by atoms with Crippen LogP contribution in [0.4, 0.5) is 0 Å². The number of aryl methyl sites for hydroxylation is 1. The number of rotatable bonds is 6. The van der Waals surface area contributed by atoms with E-state index in [1.807, 2.05) is 48.1 Å². The molecule has 6 heteroatoms. The minimum atomic E-state index is 0.102.